The molecular formula is C14H21N3O4. The first-order valence-electron chi connectivity index (χ1n) is 6.83. The van der Waals surface area contributed by atoms with Gasteiger partial charge in [-0.15, -0.1) is 0 Å². The van der Waals surface area contributed by atoms with Gasteiger partial charge in [0.25, 0.3) is 0 Å². The van der Waals surface area contributed by atoms with Crippen LogP contribution in [0.2, 0.25) is 0 Å². The van der Waals surface area contributed by atoms with Crippen molar-refractivity contribution in [3.8, 4) is 0 Å². The zero-order valence-electron chi connectivity index (χ0n) is 12.8. The molecule has 1 aromatic heterocycles. The molecule has 1 rings (SSSR count). The molecule has 0 aromatic carbocycles. The molecular weight excluding hydrogens is 274 g/mol. The summed E-state index contributed by atoms with van der Waals surface area (Å²) in [6, 6.07) is -0.162. The lowest BCUT2D eigenvalue weighted by atomic mass is 10.1. The molecule has 0 saturated carbocycles. The Morgan fingerprint density at radius 1 is 1.38 bits per heavy atom. The highest BCUT2D eigenvalue weighted by atomic mass is 16.4. The second-order valence-electron chi connectivity index (χ2n) is 5.08. The fourth-order valence-corrected chi connectivity index (χ4v) is 2.12. The van der Waals surface area contributed by atoms with Crippen LogP contribution in [-0.4, -0.2) is 44.4 Å². The maximum Gasteiger partial charge on any atom is 0.345 e. The van der Waals surface area contributed by atoms with E-state index in [0.29, 0.717) is 23.4 Å². The predicted molar refractivity (Wildman–Crippen MR) is 77.1 cm³/mol. The van der Waals surface area contributed by atoms with E-state index in [0.717, 1.165) is 0 Å². The number of hydrogen-bond donors (Lipinski definition) is 2. The third-order valence-electron chi connectivity index (χ3n) is 3.53. The molecule has 0 aliphatic carbocycles. The summed E-state index contributed by atoms with van der Waals surface area (Å²) in [6.07, 6.45) is 0.694. The Bertz CT molecular complexity index is 568. The van der Waals surface area contributed by atoms with Gasteiger partial charge in [-0.2, -0.15) is 4.98 Å². The Balaban J connectivity index is 3.02. The summed E-state index contributed by atoms with van der Waals surface area (Å²) in [4.78, 5) is 42.2. The summed E-state index contributed by atoms with van der Waals surface area (Å²) in [5.74, 6) is -1.33. The van der Waals surface area contributed by atoms with E-state index in [2.05, 4.69) is 9.97 Å². The number of aliphatic carboxylic acids is 1. The zero-order chi connectivity index (χ0) is 16.2. The minimum absolute atomic E-state index is 0.0269. The second-order valence-corrected chi connectivity index (χ2v) is 5.08. The smallest absolute Gasteiger partial charge is 0.345 e. The number of nitrogens with zero attached hydrogens (tertiary/aromatic N) is 2. The van der Waals surface area contributed by atoms with Gasteiger partial charge in [0.2, 0.25) is 5.91 Å². The number of aromatic amines is 1. The lowest BCUT2D eigenvalue weighted by molar-refractivity contribution is -0.145. The molecule has 0 aliphatic heterocycles. The molecule has 0 spiro atoms. The molecule has 1 aromatic rings. The number of amides is 1. The predicted octanol–water partition coefficient (Wildman–Crippen LogP) is 0.641. The molecule has 1 unspecified atom stereocenters. The van der Waals surface area contributed by atoms with Crippen LogP contribution in [0.1, 0.15) is 37.2 Å². The van der Waals surface area contributed by atoms with E-state index in [1.807, 2.05) is 13.8 Å². The molecule has 7 heteroatoms. The van der Waals surface area contributed by atoms with Crippen LogP contribution in [0, 0.1) is 13.8 Å². The maximum atomic E-state index is 12.4. The molecule has 0 saturated heterocycles. The Morgan fingerprint density at radius 2 is 2.00 bits per heavy atom. The van der Waals surface area contributed by atoms with Crippen LogP contribution in [0.15, 0.2) is 4.79 Å². The highest BCUT2D eigenvalue weighted by molar-refractivity contribution is 5.83. The molecule has 116 valence electrons. The quantitative estimate of drug-likeness (QED) is 0.801. The fraction of sp³-hybridized carbons (Fsp3) is 0.571. The summed E-state index contributed by atoms with van der Waals surface area (Å²) in [6.45, 7) is 6.73. The van der Waals surface area contributed by atoms with E-state index in [1.54, 1.807) is 13.8 Å². The van der Waals surface area contributed by atoms with Crippen molar-refractivity contribution in [3.05, 3.63) is 27.4 Å². The second kappa shape index (κ2) is 7.01. The Hall–Kier alpha value is -2.18. The standard InChI is InChI=1S/C14H21N3O4/c1-5-8(2)17(7-13(19)20)12(18)6-11-9(3)15-14(21)16-10(11)4/h8H,5-7H2,1-4H3,(H,19,20)(H,15,16,21). The fourth-order valence-electron chi connectivity index (χ4n) is 2.12. The van der Waals surface area contributed by atoms with Crippen molar-refractivity contribution in [2.24, 2.45) is 0 Å². The van der Waals surface area contributed by atoms with Gasteiger partial charge in [-0.05, 0) is 27.2 Å². The van der Waals surface area contributed by atoms with Crippen molar-refractivity contribution < 1.29 is 14.7 Å². The molecule has 0 radical (unpaired) electrons. The van der Waals surface area contributed by atoms with Gasteiger partial charge in [-0.3, -0.25) is 9.59 Å². The topological polar surface area (TPSA) is 103 Å². The van der Waals surface area contributed by atoms with Crippen LogP contribution in [-0.2, 0) is 16.0 Å². The van der Waals surface area contributed by atoms with Crippen molar-refractivity contribution >= 4 is 11.9 Å². The Kier molecular flexibility index (Phi) is 5.63. The van der Waals surface area contributed by atoms with Gasteiger partial charge in [0, 0.05) is 23.0 Å². The number of H-pyrrole nitrogens is 1. The summed E-state index contributed by atoms with van der Waals surface area (Å²) in [5.41, 5.74) is 1.26. The minimum Gasteiger partial charge on any atom is -0.480 e. The first kappa shape index (κ1) is 16.9. The molecule has 0 fully saturated rings. The summed E-state index contributed by atoms with van der Waals surface area (Å²) >= 11 is 0. The summed E-state index contributed by atoms with van der Waals surface area (Å²) < 4.78 is 0. The average Bonchev–Trinajstić information content (AvgIpc) is 2.38. The summed E-state index contributed by atoms with van der Waals surface area (Å²) in [7, 11) is 0. The lowest BCUT2D eigenvalue weighted by Gasteiger charge is -2.27. The number of hydrogen-bond acceptors (Lipinski definition) is 4. The molecule has 1 amide bonds. The molecule has 0 bridgehead atoms. The third-order valence-corrected chi connectivity index (χ3v) is 3.53. The van der Waals surface area contributed by atoms with Crippen LogP contribution in [0.25, 0.3) is 0 Å². The van der Waals surface area contributed by atoms with E-state index in [9.17, 15) is 14.4 Å². The average molecular weight is 295 g/mol. The van der Waals surface area contributed by atoms with Gasteiger partial charge < -0.3 is 15.0 Å². The van der Waals surface area contributed by atoms with Gasteiger partial charge >= 0.3 is 11.7 Å². The normalized spacial score (nSPS) is 12.0. The molecule has 2 N–H and O–H groups in total. The van der Waals surface area contributed by atoms with Crippen LogP contribution in [0.5, 0.6) is 0 Å². The summed E-state index contributed by atoms with van der Waals surface area (Å²) in [5, 5.41) is 8.94. The number of rotatable bonds is 6. The monoisotopic (exact) mass is 295 g/mol. The van der Waals surface area contributed by atoms with Crippen LogP contribution < -0.4 is 5.69 Å². The van der Waals surface area contributed by atoms with E-state index >= 15 is 0 Å². The number of carboxylic acids is 1. The van der Waals surface area contributed by atoms with Crippen molar-refractivity contribution in [1.29, 1.82) is 0 Å². The van der Waals surface area contributed by atoms with E-state index in [4.69, 9.17) is 5.11 Å². The van der Waals surface area contributed by atoms with Crippen molar-refractivity contribution in [1.82, 2.24) is 14.9 Å². The number of carboxylic acid groups (broad SMARTS) is 1. The molecule has 1 atom stereocenters. The number of aryl methyl sites for hydroxylation is 2. The molecule has 0 aliphatic rings. The van der Waals surface area contributed by atoms with Crippen molar-refractivity contribution in [3.63, 3.8) is 0 Å². The van der Waals surface area contributed by atoms with Gasteiger partial charge in [0.05, 0.1) is 6.42 Å². The van der Waals surface area contributed by atoms with Crippen LogP contribution >= 0.6 is 0 Å². The molecule has 21 heavy (non-hydrogen) atoms. The Labute approximate surface area is 123 Å². The van der Waals surface area contributed by atoms with E-state index in [-0.39, 0.29) is 24.9 Å². The highest BCUT2D eigenvalue weighted by Gasteiger charge is 2.23. The lowest BCUT2D eigenvalue weighted by Crippen LogP contribution is -2.43. The van der Waals surface area contributed by atoms with Crippen LogP contribution in [0.4, 0.5) is 0 Å². The minimum atomic E-state index is -1.04. The first-order chi connectivity index (χ1) is 9.76. The van der Waals surface area contributed by atoms with Crippen molar-refractivity contribution in [2.45, 2.75) is 46.6 Å². The first-order valence-corrected chi connectivity index (χ1v) is 6.83. The number of nitrogens with one attached hydrogen (secondary N) is 1. The van der Waals surface area contributed by atoms with Gasteiger partial charge in [0.1, 0.15) is 6.54 Å². The molecule has 7 nitrogen and oxygen atoms in total. The van der Waals surface area contributed by atoms with Crippen LogP contribution in [0.3, 0.4) is 0 Å². The Morgan fingerprint density at radius 3 is 2.48 bits per heavy atom. The number of aromatic nitrogens is 2. The number of carbonyl (C=O) groups is 2. The van der Waals surface area contributed by atoms with Gasteiger partial charge in [-0.25, -0.2) is 4.79 Å². The number of carbonyl (C=O) groups excluding carboxylic acids is 1. The van der Waals surface area contributed by atoms with Crippen molar-refractivity contribution in [2.75, 3.05) is 6.54 Å². The zero-order valence-corrected chi connectivity index (χ0v) is 12.8. The van der Waals surface area contributed by atoms with E-state index in [1.165, 1.54) is 4.90 Å². The largest absolute Gasteiger partial charge is 0.480 e. The molecule has 1 heterocycles. The van der Waals surface area contributed by atoms with Gasteiger partial charge in [0.15, 0.2) is 0 Å². The maximum absolute atomic E-state index is 12.4. The van der Waals surface area contributed by atoms with Gasteiger partial charge in [-0.1, -0.05) is 6.92 Å². The third kappa shape index (κ3) is 4.40. The highest BCUT2D eigenvalue weighted by Crippen LogP contribution is 2.12. The SMILES string of the molecule is CCC(C)N(CC(=O)O)C(=O)Cc1c(C)nc(=O)[nH]c1C. The van der Waals surface area contributed by atoms with E-state index < -0.39 is 11.7 Å².